The van der Waals surface area contributed by atoms with E-state index in [-0.39, 0.29) is 41.5 Å². The third kappa shape index (κ3) is 6.27. The van der Waals surface area contributed by atoms with Crippen LogP contribution in [0, 0.1) is 11.6 Å². The van der Waals surface area contributed by atoms with Gasteiger partial charge in [-0.25, -0.2) is 8.78 Å². The summed E-state index contributed by atoms with van der Waals surface area (Å²) in [4.78, 5) is 7.06. The molecule has 7 heteroatoms. The molecule has 1 saturated heterocycles. The highest BCUT2D eigenvalue weighted by atomic mass is 127. The van der Waals surface area contributed by atoms with E-state index in [1.807, 2.05) is 6.92 Å². The summed E-state index contributed by atoms with van der Waals surface area (Å²) in [6.45, 7) is 8.32. The highest BCUT2D eigenvalue weighted by Crippen LogP contribution is 2.43. The highest BCUT2D eigenvalue weighted by molar-refractivity contribution is 14.0. The molecule has 1 aromatic carbocycles. The second-order valence-electron chi connectivity index (χ2n) is 7.67. The van der Waals surface area contributed by atoms with Crippen LogP contribution in [0.25, 0.3) is 0 Å². The number of guanidine groups is 1. The molecule has 0 bridgehead atoms. The van der Waals surface area contributed by atoms with Gasteiger partial charge in [-0.15, -0.1) is 24.0 Å². The first kappa shape index (κ1) is 23.3. The average Bonchev–Trinajstić information content (AvgIpc) is 3.40. The number of aliphatic imine (C=N–C) groups is 1. The monoisotopic (exact) mass is 506 g/mol. The van der Waals surface area contributed by atoms with E-state index in [4.69, 9.17) is 0 Å². The molecule has 1 heterocycles. The lowest BCUT2D eigenvalue weighted by Crippen LogP contribution is -2.49. The summed E-state index contributed by atoms with van der Waals surface area (Å²) < 4.78 is 28.0. The van der Waals surface area contributed by atoms with E-state index in [1.165, 1.54) is 37.6 Å². The lowest BCUT2D eigenvalue weighted by molar-refractivity contribution is 0.203. The van der Waals surface area contributed by atoms with Gasteiger partial charge in [0, 0.05) is 43.2 Å². The number of nitrogens with zero attached hydrogens (tertiary/aromatic N) is 2. The number of unbranched alkanes of at least 4 members (excludes halogenated alkanes) is 1. The summed E-state index contributed by atoms with van der Waals surface area (Å²) in [5, 5.41) is 6.91. The first-order valence-corrected chi connectivity index (χ1v) is 10.4. The van der Waals surface area contributed by atoms with Crippen molar-refractivity contribution in [1.82, 2.24) is 15.5 Å². The average molecular weight is 506 g/mol. The molecule has 2 N–H and O–H groups in total. The van der Waals surface area contributed by atoms with E-state index in [9.17, 15) is 8.78 Å². The van der Waals surface area contributed by atoms with Crippen LogP contribution >= 0.6 is 24.0 Å². The molecule has 28 heavy (non-hydrogen) atoms. The van der Waals surface area contributed by atoms with Crippen LogP contribution in [0.5, 0.6) is 0 Å². The van der Waals surface area contributed by atoms with Crippen LogP contribution in [0.15, 0.2) is 23.2 Å². The van der Waals surface area contributed by atoms with Crippen molar-refractivity contribution in [2.24, 2.45) is 4.99 Å². The highest BCUT2D eigenvalue weighted by Gasteiger charge is 2.42. The number of nitrogens with one attached hydrogen (secondary N) is 2. The van der Waals surface area contributed by atoms with Crippen molar-refractivity contribution >= 4 is 29.9 Å². The molecule has 0 spiro atoms. The molecule has 1 aliphatic heterocycles. The molecule has 1 aromatic rings. The maximum atomic E-state index is 14.0. The minimum atomic E-state index is -0.453. The quantitative estimate of drug-likeness (QED) is 0.330. The normalized spacial score (nSPS) is 23.2. The Hall–Kier alpha value is -0.960. The molecule has 4 nitrogen and oxygen atoms in total. The molecule has 0 aromatic heterocycles. The fourth-order valence-corrected chi connectivity index (χ4v) is 3.88. The molecule has 0 amide bonds. The fraction of sp³-hybridized carbons (Fsp3) is 0.667. The summed E-state index contributed by atoms with van der Waals surface area (Å²) in [6, 6.07) is 4.53. The zero-order valence-corrected chi connectivity index (χ0v) is 19.2. The number of piperidine rings is 1. The summed E-state index contributed by atoms with van der Waals surface area (Å²) in [5.41, 5.74) is 0.204. The minimum Gasteiger partial charge on any atom is -0.354 e. The summed E-state index contributed by atoms with van der Waals surface area (Å²) in [7, 11) is 0. The Morgan fingerprint density at radius 3 is 2.43 bits per heavy atom. The van der Waals surface area contributed by atoms with Gasteiger partial charge in [-0.3, -0.25) is 4.99 Å². The molecule has 0 radical (unpaired) electrons. The van der Waals surface area contributed by atoms with Gasteiger partial charge in [0.05, 0.1) is 0 Å². The Morgan fingerprint density at radius 2 is 1.82 bits per heavy atom. The lowest BCUT2D eigenvalue weighted by Gasteiger charge is -2.33. The van der Waals surface area contributed by atoms with Crippen LogP contribution in [0.1, 0.15) is 57.4 Å². The van der Waals surface area contributed by atoms with E-state index in [1.54, 1.807) is 0 Å². The Balaban J connectivity index is 0.00000280. The smallest absolute Gasteiger partial charge is 0.191 e. The van der Waals surface area contributed by atoms with Gasteiger partial charge < -0.3 is 15.5 Å². The molecule has 2 atom stereocenters. The van der Waals surface area contributed by atoms with Gasteiger partial charge in [0.2, 0.25) is 0 Å². The maximum absolute atomic E-state index is 14.0. The third-order valence-electron chi connectivity index (χ3n) is 5.56. The van der Waals surface area contributed by atoms with Gasteiger partial charge in [0.25, 0.3) is 0 Å². The predicted molar refractivity (Wildman–Crippen MR) is 122 cm³/mol. The van der Waals surface area contributed by atoms with Gasteiger partial charge in [0.15, 0.2) is 5.96 Å². The second kappa shape index (κ2) is 11.3. The van der Waals surface area contributed by atoms with Crippen molar-refractivity contribution in [1.29, 1.82) is 0 Å². The molecule has 1 saturated carbocycles. The van der Waals surface area contributed by atoms with Crippen molar-refractivity contribution in [3.05, 3.63) is 35.4 Å². The molecule has 2 aliphatic rings. The van der Waals surface area contributed by atoms with E-state index in [0.717, 1.165) is 38.3 Å². The van der Waals surface area contributed by atoms with Crippen LogP contribution in [-0.2, 0) is 0 Å². The van der Waals surface area contributed by atoms with Crippen LogP contribution < -0.4 is 10.6 Å². The van der Waals surface area contributed by atoms with Crippen molar-refractivity contribution in [3.8, 4) is 0 Å². The van der Waals surface area contributed by atoms with Crippen molar-refractivity contribution in [3.63, 3.8) is 0 Å². The topological polar surface area (TPSA) is 39.7 Å². The zero-order valence-electron chi connectivity index (χ0n) is 16.9. The molecule has 3 rings (SSSR count). The summed E-state index contributed by atoms with van der Waals surface area (Å²) in [6.07, 6.45) is 5.44. The third-order valence-corrected chi connectivity index (χ3v) is 5.56. The molecule has 1 aliphatic carbocycles. The minimum absolute atomic E-state index is 0. The number of hydrogen-bond donors (Lipinski definition) is 2. The summed E-state index contributed by atoms with van der Waals surface area (Å²) in [5.74, 6) is -0.254. The molecular formula is C21H33F2IN4. The molecule has 158 valence electrons. The number of hydrogen-bond acceptors (Lipinski definition) is 2. The van der Waals surface area contributed by atoms with Crippen LogP contribution in [0.4, 0.5) is 8.78 Å². The van der Waals surface area contributed by atoms with Gasteiger partial charge in [0.1, 0.15) is 11.6 Å². The predicted octanol–water partition coefficient (Wildman–Crippen LogP) is 4.26. The molecule has 2 unspecified atom stereocenters. The van der Waals surface area contributed by atoms with E-state index < -0.39 is 11.6 Å². The standard InChI is InChI=1S/C21H32F2N4.HI/c1-3-5-11-27-12-9-15(10-13-27)25-21(24-4-2)26-19-14-16(19)20-17(22)7-6-8-18(20)23;/h6-8,15-16,19H,3-5,9-14H2,1-2H3,(H2,24,25,26);1H. The van der Waals surface area contributed by atoms with Gasteiger partial charge in [-0.05, 0) is 51.3 Å². The molecule has 2 fully saturated rings. The van der Waals surface area contributed by atoms with E-state index in [2.05, 4.69) is 27.4 Å². The number of benzene rings is 1. The Bertz CT molecular complexity index is 627. The molecular weight excluding hydrogens is 473 g/mol. The van der Waals surface area contributed by atoms with Gasteiger partial charge in [-0.1, -0.05) is 19.4 Å². The first-order valence-electron chi connectivity index (χ1n) is 10.4. The van der Waals surface area contributed by atoms with Crippen molar-refractivity contribution in [2.45, 2.75) is 64.0 Å². The van der Waals surface area contributed by atoms with Crippen molar-refractivity contribution in [2.75, 3.05) is 26.2 Å². The SMILES string of the molecule is CCCCN1CCC(NC(=NCC)NC2CC2c2c(F)cccc2F)CC1.I. The van der Waals surface area contributed by atoms with Gasteiger partial charge >= 0.3 is 0 Å². The lowest BCUT2D eigenvalue weighted by atomic mass is 10.0. The second-order valence-corrected chi connectivity index (χ2v) is 7.67. The van der Waals surface area contributed by atoms with Crippen LogP contribution in [0.2, 0.25) is 0 Å². The van der Waals surface area contributed by atoms with Crippen molar-refractivity contribution < 1.29 is 8.78 Å². The van der Waals surface area contributed by atoms with E-state index in [0.29, 0.717) is 12.6 Å². The number of halogens is 3. The summed E-state index contributed by atoms with van der Waals surface area (Å²) >= 11 is 0. The largest absolute Gasteiger partial charge is 0.354 e. The van der Waals surface area contributed by atoms with Crippen LogP contribution in [-0.4, -0.2) is 49.1 Å². The van der Waals surface area contributed by atoms with Crippen LogP contribution in [0.3, 0.4) is 0 Å². The van der Waals surface area contributed by atoms with Gasteiger partial charge in [-0.2, -0.15) is 0 Å². The first-order chi connectivity index (χ1) is 13.1. The Labute approximate surface area is 184 Å². The fourth-order valence-electron chi connectivity index (χ4n) is 3.88. The number of likely N-dealkylation sites (tertiary alicyclic amines) is 1. The maximum Gasteiger partial charge on any atom is 0.191 e. The Kier molecular flexibility index (Phi) is 9.40. The Morgan fingerprint density at radius 1 is 1.14 bits per heavy atom. The zero-order chi connectivity index (χ0) is 19.2. The van der Waals surface area contributed by atoms with E-state index >= 15 is 0 Å². The number of rotatable bonds is 7.